The Balaban J connectivity index is 2.34. The smallest absolute Gasteiger partial charge is 0.126 e. The van der Waals surface area contributed by atoms with Crippen molar-refractivity contribution in [1.82, 2.24) is 0 Å². The maximum absolute atomic E-state index is 11.0. The van der Waals surface area contributed by atoms with Gasteiger partial charge in [-0.3, -0.25) is 0 Å². The lowest BCUT2D eigenvalue weighted by Gasteiger charge is -2.32. The van der Waals surface area contributed by atoms with E-state index >= 15 is 0 Å². The lowest BCUT2D eigenvalue weighted by atomic mass is 9.72. The third kappa shape index (κ3) is 0.832. The molecule has 4 atom stereocenters. The van der Waals surface area contributed by atoms with Crippen LogP contribution < -0.4 is 0 Å². The van der Waals surface area contributed by atoms with Crippen molar-refractivity contribution in [2.45, 2.75) is 13.3 Å². The fraction of sp³-hybridized carbons (Fsp3) is 0.700. The highest BCUT2D eigenvalue weighted by Crippen LogP contribution is 2.55. The summed E-state index contributed by atoms with van der Waals surface area (Å²) in [4.78, 5) is 11.0. The highest BCUT2D eigenvalue weighted by Gasteiger charge is 2.52. The molecule has 0 aromatic carbocycles. The molecular weight excluding hydrogens is 172 g/mol. The molecule has 0 aromatic heterocycles. The van der Waals surface area contributed by atoms with Crippen LogP contribution in [0.4, 0.5) is 0 Å². The molecule has 0 amide bonds. The van der Waals surface area contributed by atoms with Crippen LogP contribution in [-0.4, -0.2) is 12.2 Å². The normalized spacial score (nSPS) is 50.0. The Morgan fingerprint density at radius 1 is 1.67 bits per heavy atom. The first kappa shape index (κ1) is 8.31. The summed E-state index contributed by atoms with van der Waals surface area (Å²) in [6, 6.07) is 0. The summed E-state index contributed by atoms with van der Waals surface area (Å²) in [5, 5.41) is 0. The number of hydrogen-bond donors (Lipinski definition) is 0. The topological polar surface area (TPSA) is 17.1 Å². The second-order valence-electron chi connectivity index (χ2n) is 4.14. The van der Waals surface area contributed by atoms with Crippen molar-refractivity contribution in [2.75, 3.05) is 5.88 Å². The number of carbonyl (C=O) groups is 1. The quantitative estimate of drug-likeness (QED) is 0.366. The average Bonchev–Trinajstić information content (AvgIpc) is 2.63. The SMILES string of the molecule is C[C@]1(C=O)[C@H](CCl)[C@H]2C=C[C@H]1C2. The molecule has 1 saturated carbocycles. The summed E-state index contributed by atoms with van der Waals surface area (Å²) in [7, 11) is 0. The third-order valence-corrected chi connectivity index (χ3v) is 3.98. The minimum atomic E-state index is -0.179. The number of aldehydes is 1. The van der Waals surface area contributed by atoms with E-state index in [0.29, 0.717) is 23.6 Å². The maximum Gasteiger partial charge on any atom is 0.126 e. The van der Waals surface area contributed by atoms with Gasteiger partial charge in [-0.05, 0) is 24.2 Å². The molecule has 2 aliphatic rings. The van der Waals surface area contributed by atoms with Gasteiger partial charge in [-0.2, -0.15) is 0 Å². The number of rotatable bonds is 2. The van der Waals surface area contributed by atoms with Gasteiger partial charge in [-0.1, -0.05) is 19.1 Å². The zero-order valence-corrected chi connectivity index (χ0v) is 7.92. The van der Waals surface area contributed by atoms with Crippen molar-refractivity contribution < 1.29 is 4.79 Å². The molecule has 0 aliphatic heterocycles. The van der Waals surface area contributed by atoms with Crippen LogP contribution in [0.1, 0.15) is 13.3 Å². The van der Waals surface area contributed by atoms with Gasteiger partial charge in [-0.25, -0.2) is 0 Å². The van der Waals surface area contributed by atoms with E-state index < -0.39 is 0 Å². The predicted octanol–water partition coefficient (Wildman–Crippen LogP) is 2.25. The van der Waals surface area contributed by atoms with Crippen LogP contribution in [0, 0.1) is 23.2 Å². The maximum atomic E-state index is 11.0. The summed E-state index contributed by atoms with van der Waals surface area (Å²) in [5.74, 6) is 1.99. The molecule has 0 radical (unpaired) electrons. The zero-order chi connectivity index (χ0) is 8.77. The number of carbonyl (C=O) groups excluding carboxylic acids is 1. The van der Waals surface area contributed by atoms with Crippen molar-refractivity contribution in [1.29, 1.82) is 0 Å². The highest BCUT2D eigenvalue weighted by molar-refractivity contribution is 6.18. The van der Waals surface area contributed by atoms with Gasteiger partial charge in [0.2, 0.25) is 0 Å². The minimum Gasteiger partial charge on any atom is -0.303 e. The van der Waals surface area contributed by atoms with Crippen molar-refractivity contribution in [3.63, 3.8) is 0 Å². The first-order valence-electron chi connectivity index (χ1n) is 4.43. The van der Waals surface area contributed by atoms with Crippen LogP contribution in [0.15, 0.2) is 12.2 Å². The average molecular weight is 185 g/mol. The number of fused-ring (bicyclic) bond motifs is 2. The van der Waals surface area contributed by atoms with Crippen LogP contribution in [-0.2, 0) is 4.79 Å². The van der Waals surface area contributed by atoms with Gasteiger partial charge < -0.3 is 4.79 Å². The summed E-state index contributed by atoms with van der Waals surface area (Å²) >= 11 is 5.87. The van der Waals surface area contributed by atoms with Crippen molar-refractivity contribution in [3.05, 3.63) is 12.2 Å². The first-order chi connectivity index (χ1) is 5.72. The van der Waals surface area contributed by atoms with E-state index in [-0.39, 0.29) is 5.41 Å². The van der Waals surface area contributed by atoms with E-state index in [4.69, 9.17) is 11.6 Å². The summed E-state index contributed by atoms with van der Waals surface area (Å²) in [5.41, 5.74) is -0.179. The molecule has 0 heterocycles. The third-order valence-electron chi connectivity index (χ3n) is 3.65. The van der Waals surface area contributed by atoms with E-state index in [1.807, 2.05) is 6.92 Å². The molecule has 0 saturated heterocycles. The Bertz CT molecular complexity index is 236. The molecule has 2 bridgehead atoms. The van der Waals surface area contributed by atoms with Gasteiger partial charge in [0.1, 0.15) is 6.29 Å². The number of hydrogen-bond acceptors (Lipinski definition) is 1. The molecule has 1 nitrogen and oxygen atoms in total. The fourth-order valence-corrected chi connectivity index (χ4v) is 3.24. The molecule has 66 valence electrons. The van der Waals surface area contributed by atoms with E-state index in [0.717, 1.165) is 12.7 Å². The summed E-state index contributed by atoms with van der Waals surface area (Å²) in [6.45, 7) is 2.04. The Morgan fingerprint density at radius 2 is 2.42 bits per heavy atom. The van der Waals surface area contributed by atoms with Crippen molar-refractivity contribution >= 4 is 17.9 Å². The number of alkyl halides is 1. The standard InChI is InChI=1S/C10H13ClO/c1-10(6-12)8-3-2-7(4-8)9(10)5-11/h2-3,6-9H,4-5H2,1H3/t7-,8-,9+,10+/m0/s1. The summed E-state index contributed by atoms with van der Waals surface area (Å²) in [6.07, 6.45) is 6.64. The zero-order valence-electron chi connectivity index (χ0n) is 7.16. The molecule has 1 fully saturated rings. The Hall–Kier alpha value is -0.300. The van der Waals surface area contributed by atoms with Crippen molar-refractivity contribution in [2.24, 2.45) is 23.2 Å². The minimum absolute atomic E-state index is 0.179. The van der Waals surface area contributed by atoms with Gasteiger partial charge in [0.15, 0.2) is 0 Å². The highest BCUT2D eigenvalue weighted by atomic mass is 35.5. The molecule has 0 N–H and O–H groups in total. The molecule has 0 unspecified atom stereocenters. The Labute approximate surface area is 77.8 Å². The molecule has 2 rings (SSSR count). The molecular formula is C10H13ClO. The Kier molecular flexibility index (Phi) is 1.80. The number of halogens is 1. The predicted molar refractivity (Wildman–Crippen MR) is 49.1 cm³/mol. The molecule has 0 aromatic rings. The van der Waals surface area contributed by atoms with Crippen LogP contribution in [0.5, 0.6) is 0 Å². The molecule has 2 aliphatic carbocycles. The second kappa shape index (κ2) is 2.59. The molecule has 12 heavy (non-hydrogen) atoms. The van der Waals surface area contributed by atoms with Gasteiger partial charge >= 0.3 is 0 Å². The Morgan fingerprint density at radius 3 is 2.92 bits per heavy atom. The van der Waals surface area contributed by atoms with E-state index in [1.54, 1.807) is 0 Å². The van der Waals surface area contributed by atoms with Crippen LogP contribution in [0.25, 0.3) is 0 Å². The first-order valence-corrected chi connectivity index (χ1v) is 4.96. The largest absolute Gasteiger partial charge is 0.303 e. The van der Waals surface area contributed by atoms with Gasteiger partial charge in [-0.15, -0.1) is 11.6 Å². The lowest BCUT2D eigenvalue weighted by molar-refractivity contribution is -0.118. The van der Waals surface area contributed by atoms with Gasteiger partial charge in [0, 0.05) is 11.3 Å². The summed E-state index contributed by atoms with van der Waals surface area (Å²) < 4.78 is 0. The van der Waals surface area contributed by atoms with E-state index in [1.165, 1.54) is 0 Å². The van der Waals surface area contributed by atoms with Gasteiger partial charge in [0.25, 0.3) is 0 Å². The van der Waals surface area contributed by atoms with Crippen LogP contribution in [0.2, 0.25) is 0 Å². The lowest BCUT2D eigenvalue weighted by Crippen LogP contribution is -2.34. The molecule has 0 spiro atoms. The fourth-order valence-electron chi connectivity index (χ4n) is 2.68. The second-order valence-corrected chi connectivity index (χ2v) is 4.44. The van der Waals surface area contributed by atoms with Crippen LogP contribution >= 0.6 is 11.6 Å². The monoisotopic (exact) mass is 184 g/mol. The number of allylic oxidation sites excluding steroid dienone is 2. The van der Waals surface area contributed by atoms with E-state index in [9.17, 15) is 4.79 Å². The van der Waals surface area contributed by atoms with Crippen molar-refractivity contribution in [3.8, 4) is 0 Å². The van der Waals surface area contributed by atoms with Crippen LogP contribution in [0.3, 0.4) is 0 Å². The van der Waals surface area contributed by atoms with Gasteiger partial charge in [0.05, 0.1) is 0 Å². The molecule has 2 heteroatoms. The van der Waals surface area contributed by atoms with E-state index in [2.05, 4.69) is 12.2 Å².